The molecule has 1 fully saturated rings. The fraction of sp³-hybridized carbons (Fsp3) is 0.222. The van der Waals surface area contributed by atoms with E-state index in [0.29, 0.717) is 10.0 Å². The molecule has 1 saturated heterocycles. The molecule has 1 N–H and O–H groups in total. The molecule has 1 heterocycles. The lowest BCUT2D eigenvalue weighted by Crippen LogP contribution is -2.40. The van der Waals surface area contributed by atoms with Crippen LogP contribution >= 0.6 is 15.9 Å². The summed E-state index contributed by atoms with van der Waals surface area (Å²) in [5.74, 6) is -1.19. The Morgan fingerprint density at radius 1 is 1.19 bits per heavy atom. The van der Waals surface area contributed by atoms with Gasteiger partial charge in [-0.1, -0.05) is 34.1 Å². The molecule has 1 aliphatic heterocycles. The van der Waals surface area contributed by atoms with Crippen LogP contribution in [0.2, 0.25) is 0 Å². The van der Waals surface area contributed by atoms with E-state index in [9.17, 15) is 22.8 Å². The Hall–Kier alpha value is -2.55. The molecule has 0 bridgehead atoms. The minimum atomic E-state index is -2.96. The van der Waals surface area contributed by atoms with E-state index in [1.807, 2.05) is 0 Å². The van der Waals surface area contributed by atoms with Crippen molar-refractivity contribution in [3.8, 4) is 5.75 Å². The number of carbonyl (C=O) groups excluding carboxylic acids is 2. The molecule has 1 atom stereocenters. The van der Waals surface area contributed by atoms with Crippen molar-refractivity contribution in [2.45, 2.75) is 25.6 Å². The predicted octanol–water partition coefficient (Wildman–Crippen LogP) is 4.16. The number of carbonyl (C=O) groups is 2. The molecule has 3 rings (SSSR count). The Kier molecular flexibility index (Phi) is 5.14. The predicted molar refractivity (Wildman–Crippen MR) is 93.6 cm³/mol. The Morgan fingerprint density at radius 3 is 2.44 bits per heavy atom. The highest BCUT2D eigenvalue weighted by Crippen LogP contribution is 2.31. The number of hydrogen-bond acceptors (Lipinski definition) is 3. The number of amides is 3. The number of imide groups is 1. The number of nitrogens with one attached hydrogen (secondary N) is 1. The average Bonchev–Trinajstić information content (AvgIpc) is 2.81. The second-order valence-electron chi connectivity index (χ2n) is 6.09. The Bertz CT molecular complexity index is 892. The summed E-state index contributed by atoms with van der Waals surface area (Å²) in [6, 6.07) is 9.06. The maximum absolute atomic E-state index is 14.0. The highest BCUT2D eigenvalue weighted by atomic mass is 79.9. The van der Waals surface area contributed by atoms with E-state index in [-0.39, 0.29) is 17.9 Å². The van der Waals surface area contributed by atoms with Crippen LogP contribution in [0.1, 0.15) is 18.1 Å². The summed E-state index contributed by atoms with van der Waals surface area (Å²) in [6.07, 6.45) is 0. The molecular formula is C18H14BrF3N2O3. The van der Waals surface area contributed by atoms with Gasteiger partial charge in [0.15, 0.2) is 0 Å². The summed E-state index contributed by atoms with van der Waals surface area (Å²) >= 11 is 3.14. The number of ether oxygens (including phenoxy) is 1. The largest absolute Gasteiger partial charge is 0.435 e. The average molecular weight is 443 g/mol. The molecular weight excluding hydrogens is 429 g/mol. The van der Waals surface area contributed by atoms with Gasteiger partial charge in [-0.15, -0.1) is 0 Å². The molecule has 0 radical (unpaired) electrons. The zero-order valence-electron chi connectivity index (χ0n) is 14.0. The van der Waals surface area contributed by atoms with E-state index in [1.54, 1.807) is 6.07 Å². The normalized spacial score (nSPS) is 19.6. The molecule has 0 aliphatic carbocycles. The summed E-state index contributed by atoms with van der Waals surface area (Å²) in [5.41, 5.74) is -0.820. The number of alkyl halides is 2. The lowest BCUT2D eigenvalue weighted by atomic mass is 9.92. The summed E-state index contributed by atoms with van der Waals surface area (Å²) in [6.45, 7) is -1.70. The van der Waals surface area contributed by atoms with Crippen LogP contribution in [0.5, 0.6) is 5.75 Å². The van der Waals surface area contributed by atoms with Gasteiger partial charge < -0.3 is 10.1 Å². The van der Waals surface area contributed by atoms with E-state index in [1.165, 1.54) is 43.3 Å². The third kappa shape index (κ3) is 3.78. The summed E-state index contributed by atoms with van der Waals surface area (Å²) < 4.78 is 43.4. The minimum absolute atomic E-state index is 0.0667. The zero-order chi connectivity index (χ0) is 19.8. The first kappa shape index (κ1) is 19.2. The van der Waals surface area contributed by atoms with Crippen LogP contribution in [-0.4, -0.2) is 23.4 Å². The van der Waals surface area contributed by atoms with Crippen LogP contribution in [0.15, 0.2) is 46.9 Å². The van der Waals surface area contributed by atoms with Crippen molar-refractivity contribution in [2.24, 2.45) is 0 Å². The fourth-order valence-electron chi connectivity index (χ4n) is 2.83. The molecule has 9 heteroatoms. The van der Waals surface area contributed by atoms with Gasteiger partial charge in [-0.3, -0.25) is 9.69 Å². The van der Waals surface area contributed by atoms with Gasteiger partial charge in [0.05, 0.1) is 6.54 Å². The smallest absolute Gasteiger partial charge is 0.387 e. The topological polar surface area (TPSA) is 58.6 Å². The van der Waals surface area contributed by atoms with Crippen LogP contribution in [0.3, 0.4) is 0 Å². The third-order valence-corrected chi connectivity index (χ3v) is 4.77. The van der Waals surface area contributed by atoms with E-state index in [2.05, 4.69) is 26.0 Å². The monoisotopic (exact) mass is 442 g/mol. The second kappa shape index (κ2) is 7.22. The van der Waals surface area contributed by atoms with E-state index >= 15 is 0 Å². The van der Waals surface area contributed by atoms with Crippen molar-refractivity contribution >= 4 is 27.9 Å². The molecule has 2 aromatic rings. The van der Waals surface area contributed by atoms with E-state index in [4.69, 9.17) is 0 Å². The van der Waals surface area contributed by atoms with Crippen molar-refractivity contribution in [1.29, 1.82) is 0 Å². The summed E-state index contributed by atoms with van der Waals surface area (Å²) in [4.78, 5) is 26.1. The maximum atomic E-state index is 14.0. The number of nitrogens with zero attached hydrogens (tertiary/aromatic N) is 1. The number of halogens is 4. The highest BCUT2D eigenvalue weighted by Gasteiger charge is 2.49. The van der Waals surface area contributed by atoms with Gasteiger partial charge in [-0.2, -0.15) is 8.78 Å². The molecule has 27 heavy (non-hydrogen) atoms. The Balaban J connectivity index is 1.83. The van der Waals surface area contributed by atoms with Gasteiger partial charge >= 0.3 is 12.6 Å². The minimum Gasteiger partial charge on any atom is -0.435 e. The first-order valence-electron chi connectivity index (χ1n) is 7.84. The van der Waals surface area contributed by atoms with Crippen LogP contribution in [0, 0.1) is 5.82 Å². The van der Waals surface area contributed by atoms with E-state index < -0.39 is 29.9 Å². The Morgan fingerprint density at radius 2 is 1.85 bits per heavy atom. The van der Waals surface area contributed by atoms with Crippen molar-refractivity contribution in [3.05, 3.63) is 63.9 Å². The molecule has 0 spiro atoms. The van der Waals surface area contributed by atoms with Crippen molar-refractivity contribution in [3.63, 3.8) is 0 Å². The van der Waals surface area contributed by atoms with Gasteiger partial charge in [0.2, 0.25) is 0 Å². The molecule has 3 amide bonds. The van der Waals surface area contributed by atoms with Crippen LogP contribution < -0.4 is 10.1 Å². The first-order valence-corrected chi connectivity index (χ1v) is 8.63. The SMILES string of the molecule is CC1(c2ccc(OC(F)F)cc2)NC(=O)N(Cc2ccc(Br)cc2F)C1=O. The molecule has 0 saturated carbocycles. The molecule has 142 valence electrons. The summed E-state index contributed by atoms with van der Waals surface area (Å²) in [5, 5.41) is 2.57. The molecule has 2 aromatic carbocycles. The van der Waals surface area contributed by atoms with Crippen LogP contribution in [0.4, 0.5) is 18.0 Å². The van der Waals surface area contributed by atoms with Crippen LogP contribution in [-0.2, 0) is 16.9 Å². The number of benzene rings is 2. The molecule has 1 aliphatic rings. The summed E-state index contributed by atoms with van der Waals surface area (Å²) in [7, 11) is 0. The quantitative estimate of drug-likeness (QED) is 0.707. The molecule has 5 nitrogen and oxygen atoms in total. The van der Waals surface area contributed by atoms with Crippen LogP contribution in [0.25, 0.3) is 0 Å². The second-order valence-corrected chi connectivity index (χ2v) is 7.00. The lowest BCUT2D eigenvalue weighted by molar-refractivity contribution is -0.131. The third-order valence-electron chi connectivity index (χ3n) is 4.28. The highest BCUT2D eigenvalue weighted by molar-refractivity contribution is 9.10. The molecule has 1 unspecified atom stereocenters. The van der Waals surface area contributed by atoms with Gasteiger partial charge in [0, 0.05) is 10.0 Å². The van der Waals surface area contributed by atoms with Crippen molar-refractivity contribution in [1.82, 2.24) is 10.2 Å². The standard InChI is InChI=1S/C18H14BrF3N2O3/c1-18(11-3-6-13(7-4-11)27-16(21)22)15(25)24(17(26)23-18)9-10-2-5-12(19)8-14(10)20/h2-8,16H,9H2,1H3,(H,23,26). The van der Waals surface area contributed by atoms with Crippen molar-refractivity contribution < 1.29 is 27.5 Å². The van der Waals surface area contributed by atoms with E-state index in [0.717, 1.165) is 4.90 Å². The zero-order valence-corrected chi connectivity index (χ0v) is 15.6. The fourth-order valence-corrected chi connectivity index (χ4v) is 3.16. The van der Waals surface area contributed by atoms with Crippen molar-refractivity contribution in [2.75, 3.05) is 0 Å². The first-order chi connectivity index (χ1) is 12.7. The number of rotatable bonds is 5. The number of hydrogen-bond donors (Lipinski definition) is 1. The Labute approximate surface area is 161 Å². The van der Waals surface area contributed by atoms with Gasteiger partial charge in [-0.25, -0.2) is 9.18 Å². The maximum Gasteiger partial charge on any atom is 0.387 e. The van der Waals surface area contributed by atoms with Gasteiger partial charge in [0.1, 0.15) is 17.1 Å². The lowest BCUT2D eigenvalue weighted by Gasteiger charge is -2.22. The van der Waals surface area contributed by atoms with Gasteiger partial charge in [-0.05, 0) is 36.8 Å². The van der Waals surface area contributed by atoms with Gasteiger partial charge in [0.25, 0.3) is 5.91 Å². The molecule has 0 aromatic heterocycles. The number of urea groups is 1.